The highest BCUT2D eigenvalue weighted by Gasteiger charge is 2.24. The first-order valence-corrected chi connectivity index (χ1v) is 7.31. The van der Waals surface area contributed by atoms with Crippen molar-refractivity contribution in [3.63, 3.8) is 0 Å². The van der Waals surface area contributed by atoms with Gasteiger partial charge in [0.2, 0.25) is 0 Å². The Kier molecular flexibility index (Phi) is 4.04. The molecule has 1 heterocycles. The molecule has 0 aliphatic carbocycles. The summed E-state index contributed by atoms with van der Waals surface area (Å²) in [7, 11) is 1.53. The molecule has 1 aliphatic heterocycles. The Balaban J connectivity index is 1.98. The van der Waals surface area contributed by atoms with E-state index in [9.17, 15) is 14.9 Å². The van der Waals surface area contributed by atoms with E-state index in [2.05, 4.69) is 0 Å². The van der Waals surface area contributed by atoms with Crippen molar-refractivity contribution in [2.24, 2.45) is 0 Å². The van der Waals surface area contributed by atoms with Crippen LogP contribution in [0.1, 0.15) is 21.5 Å². The summed E-state index contributed by atoms with van der Waals surface area (Å²) in [4.78, 5) is 23.2. The van der Waals surface area contributed by atoms with Crippen LogP contribution in [0.5, 0.6) is 11.5 Å². The molecule has 0 bridgehead atoms. The number of nitro benzene ring substituents is 1. The summed E-state index contributed by atoms with van der Waals surface area (Å²) in [6.45, 7) is 1.80. The predicted octanol–water partition coefficient (Wildman–Crippen LogP) is 3.57. The van der Waals surface area contributed by atoms with Crippen LogP contribution in [-0.2, 0) is 0 Å². The molecule has 6 nitrogen and oxygen atoms in total. The monoisotopic (exact) mass is 325 g/mol. The Bertz CT molecular complexity index is 870. The van der Waals surface area contributed by atoms with E-state index in [1.165, 1.54) is 13.2 Å². The fourth-order valence-corrected chi connectivity index (χ4v) is 2.55. The zero-order valence-electron chi connectivity index (χ0n) is 13.2. The first-order valence-electron chi connectivity index (χ1n) is 7.31. The Labute approximate surface area is 138 Å². The smallest absolute Gasteiger partial charge is 0.272 e. The lowest BCUT2D eigenvalue weighted by Crippen LogP contribution is -2.19. The molecule has 1 aliphatic rings. The molecular formula is C18H15NO5. The van der Waals surface area contributed by atoms with Crippen LogP contribution in [0.2, 0.25) is 0 Å². The number of ether oxygens (including phenoxy) is 2. The molecule has 3 rings (SSSR count). The van der Waals surface area contributed by atoms with E-state index in [1.54, 1.807) is 43.3 Å². The van der Waals surface area contributed by atoms with E-state index >= 15 is 0 Å². The molecule has 24 heavy (non-hydrogen) atoms. The fraction of sp³-hybridized carbons (Fsp3) is 0.167. The zero-order valence-corrected chi connectivity index (χ0v) is 13.2. The number of hydrogen-bond acceptors (Lipinski definition) is 5. The molecule has 122 valence electrons. The summed E-state index contributed by atoms with van der Waals surface area (Å²) in [5.41, 5.74) is 2.05. The van der Waals surface area contributed by atoms with Gasteiger partial charge in [0.05, 0.1) is 17.6 Å². The lowest BCUT2D eigenvalue weighted by Gasteiger charge is -2.19. The van der Waals surface area contributed by atoms with Crippen LogP contribution in [0.15, 0.2) is 42.0 Å². The maximum Gasteiger partial charge on any atom is 0.272 e. The first-order chi connectivity index (χ1) is 11.5. The minimum Gasteiger partial charge on any atom is -0.497 e. The number of carbonyl (C=O) groups is 1. The van der Waals surface area contributed by atoms with Crippen molar-refractivity contribution in [3.05, 3.63) is 68.8 Å². The number of fused-ring (bicyclic) bond motifs is 1. The topological polar surface area (TPSA) is 78.7 Å². The van der Waals surface area contributed by atoms with E-state index < -0.39 is 4.92 Å². The van der Waals surface area contributed by atoms with E-state index in [0.717, 1.165) is 0 Å². The molecule has 2 aromatic rings. The number of nitro groups is 1. The maximum atomic E-state index is 12.6. The summed E-state index contributed by atoms with van der Waals surface area (Å²) in [5.74, 6) is 0.907. The molecule has 0 saturated carbocycles. The molecule has 0 spiro atoms. The number of benzene rings is 2. The van der Waals surface area contributed by atoms with Gasteiger partial charge in [-0.3, -0.25) is 14.9 Å². The van der Waals surface area contributed by atoms with Gasteiger partial charge in [0.15, 0.2) is 5.78 Å². The highest BCUT2D eigenvalue weighted by molar-refractivity contribution is 6.14. The van der Waals surface area contributed by atoms with E-state index in [-0.39, 0.29) is 18.1 Å². The van der Waals surface area contributed by atoms with Crippen LogP contribution in [0.4, 0.5) is 5.69 Å². The predicted molar refractivity (Wildman–Crippen MR) is 88.6 cm³/mol. The van der Waals surface area contributed by atoms with Gasteiger partial charge in [-0.15, -0.1) is 0 Å². The average Bonchev–Trinajstić information content (AvgIpc) is 2.58. The molecule has 2 aromatic carbocycles. The number of hydrogen-bond donors (Lipinski definition) is 0. The van der Waals surface area contributed by atoms with Crippen LogP contribution in [0.3, 0.4) is 0 Å². The summed E-state index contributed by atoms with van der Waals surface area (Å²) in [5, 5.41) is 11.0. The summed E-state index contributed by atoms with van der Waals surface area (Å²) < 4.78 is 10.7. The van der Waals surface area contributed by atoms with Crippen molar-refractivity contribution in [2.45, 2.75) is 6.92 Å². The lowest BCUT2D eigenvalue weighted by molar-refractivity contribution is -0.385. The van der Waals surface area contributed by atoms with Gasteiger partial charge in [0.1, 0.15) is 18.1 Å². The lowest BCUT2D eigenvalue weighted by atomic mass is 9.97. The average molecular weight is 325 g/mol. The standard InChI is InChI=1S/C18H15NO5/c1-11-3-4-12(8-16(11)19(21)22)7-13-10-24-17-6-5-14(23-2)9-15(17)18(13)20/h3-9H,10H2,1-2H3/b13-7-. The van der Waals surface area contributed by atoms with Crippen LogP contribution < -0.4 is 9.47 Å². The molecular weight excluding hydrogens is 310 g/mol. The Morgan fingerprint density at radius 3 is 2.75 bits per heavy atom. The molecule has 6 heteroatoms. The highest BCUT2D eigenvalue weighted by atomic mass is 16.6. The van der Waals surface area contributed by atoms with Gasteiger partial charge in [-0.1, -0.05) is 12.1 Å². The zero-order chi connectivity index (χ0) is 17.3. The van der Waals surface area contributed by atoms with Crippen molar-refractivity contribution >= 4 is 17.5 Å². The second kappa shape index (κ2) is 6.16. The number of rotatable bonds is 3. The van der Waals surface area contributed by atoms with Crippen molar-refractivity contribution in [3.8, 4) is 11.5 Å². The van der Waals surface area contributed by atoms with Gasteiger partial charge < -0.3 is 9.47 Å². The number of methoxy groups -OCH3 is 1. The number of Topliss-reactive ketones (excluding diaryl/α,β-unsaturated/α-hetero) is 1. The molecule has 0 unspecified atom stereocenters. The van der Waals surface area contributed by atoms with Gasteiger partial charge >= 0.3 is 0 Å². The number of aryl methyl sites for hydroxylation is 1. The van der Waals surface area contributed by atoms with Crippen molar-refractivity contribution < 1.29 is 19.2 Å². The molecule has 0 aromatic heterocycles. The SMILES string of the molecule is COc1ccc2c(c1)C(=O)/C(=C\c1ccc(C)c([N+](=O)[O-])c1)CO2. The molecule has 0 amide bonds. The third-order valence-electron chi connectivity index (χ3n) is 3.88. The summed E-state index contributed by atoms with van der Waals surface area (Å²) in [6.07, 6.45) is 1.62. The van der Waals surface area contributed by atoms with E-state index in [4.69, 9.17) is 9.47 Å². The van der Waals surface area contributed by atoms with Crippen molar-refractivity contribution in [2.75, 3.05) is 13.7 Å². The molecule has 0 radical (unpaired) electrons. The van der Waals surface area contributed by atoms with Gasteiger partial charge in [-0.05, 0) is 36.8 Å². The maximum absolute atomic E-state index is 12.6. The quantitative estimate of drug-likeness (QED) is 0.490. The summed E-state index contributed by atoms with van der Waals surface area (Å²) >= 11 is 0. The normalized spacial score (nSPS) is 14.9. The van der Waals surface area contributed by atoms with Gasteiger partial charge in [0, 0.05) is 17.2 Å². The second-order valence-electron chi connectivity index (χ2n) is 5.45. The van der Waals surface area contributed by atoms with E-state index in [1.807, 2.05) is 0 Å². The third kappa shape index (κ3) is 2.86. The number of nitrogens with zero attached hydrogens (tertiary/aromatic N) is 1. The van der Waals surface area contributed by atoms with Gasteiger partial charge in [0.25, 0.3) is 5.69 Å². The Morgan fingerprint density at radius 1 is 1.25 bits per heavy atom. The third-order valence-corrected chi connectivity index (χ3v) is 3.88. The van der Waals surface area contributed by atoms with Crippen LogP contribution >= 0.6 is 0 Å². The number of carbonyl (C=O) groups excluding carboxylic acids is 1. The first kappa shape index (κ1) is 15.7. The molecule has 0 fully saturated rings. The van der Waals surface area contributed by atoms with Crippen LogP contribution in [0, 0.1) is 17.0 Å². The summed E-state index contributed by atoms with van der Waals surface area (Å²) in [6, 6.07) is 9.90. The molecule has 0 saturated heterocycles. The van der Waals surface area contributed by atoms with Gasteiger partial charge in [-0.2, -0.15) is 0 Å². The fourth-order valence-electron chi connectivity index (χ4n) is 2.55. The van der Waals surface area contributed by atoms with Crippen LogP contribution in [0.25, 0.3) is 6.08 Å². The molecule has 0 atom stereocenters. The molecule has 0 N–H and O–H groups in total. The number of ketones is 1. The Morgan fingerprint density at radius 2 is 2.04 bits per heavy atom. The minimum atomic E-state index is -0.434. The van der Waals surface area contributed by atoms with Crippen molar-refractivity contribution in [1.29, 1.82) is 0 Å². The van der Waals surface area contributed by atoms with Crippen molar-refractivity contribution in [1.82, 2.24) is 0 Å². The Hall–Kier alpha value is -3.15. The minimum absolute atomic E-state index is 0.0237. The van der Waals surface area contributed by atoms with Crippen LogP contribution in [-0.4, -0.2) is 24.4 Å². The second-order valence-corrected chi connectivity index (χ2v) is 5.45. The highest BCUT2D eigenvalue weighted by Crippen LogP contribution is 2.31. The van der Waals surface area contributed by atoms with E-state index in [0.29, 0.717) is 33.8 Å². The van der Waals surface area contributed by atoms with Gasteiger partial charge in [-0.25, -0.2) is 0 Å². The largest absolute Gasteiger partial charge is 0.497 e.